The Labute approximate surface area is 195 Å². The fourth-order valence-electron chi connectivity index (χ4n) is 4.69. The maximum atomic E-state index is 10.9. The van der Waals surface area contributed by atoms with E-state index in [9.17, 15) is 5.11 Å². The second-order valence-electron chi connectivity index (χ2n) is 9.04. The SMILES string of the molecule is Cc1nc(C2=CCN(CC(O)c3ccc4ccccc4c3)CC2)nc(N2CCOCC2)c1C. The third-order valence-corrected chi connectivity index (χ3v) is 6.84. The molecule has 1 aromatic heterocycles. The van der Waals surface area contributed by atoms with Gasteiger partial charge in [0.15, 0.2) is 5.82 Å². The predicted octanol–water partition coefficient (Wildman–Crippen LogP) is 3.91. The molecule has 0 radical (unpaired) electrons. The van der Waals surface area contributed by atoms with Crippen LogP contribution in [0.4, 0.5) is 5.82 Å². The number of rotatable bonds is 5. The lowest BCUT2D eigenvalue weighted by atomic mass is 10.0. The van der Waals surface area contributed by atoms with Crippen molar-refractivity contribution in [2.24, 2.45) is 0 Å². The van der Waals surface area contributed by atoms with Crippen molar-refractivity contribution in [1.29, 1.82) is 0 Å². The number of morpholine rings is 1. The number of hydrogen-bond acceptors (Lipinski definition) is 6. The van der Waals surface area contributed by atoms with E-state index in [4.69, 9.17) is 14.7 Å². The Morgan fingerprint density at radius 3 is 2.55 bits per heavy atom. The van der Waals surface area contributed by atoms with Crippen molar-refractivity contribution < 1.29 is 9.84 Å². The molecule has 1 N–H and O–H groups in total. The van der Waals surface area contributed by atoms with Gasteiger partial charge in [-0.2, -0.15) is 0 Å². The molecule has 3 heterocycles. The van der Waals surface area contributed by atoms with Gasteiger partial charge in [-0.3, -0.25) is 4.90 Å². The summed E-state index contributed by atoms with van der Waals surface area (Å²) in [5.41, 5.74) is 4.36. The number of aliphatic hydroxyl groups excluding tert-OH is 1. The normalized spacial score (nSPS) is 18.4. The van der Waals surface area contributed by atoms with Crippen LogP contribution < -0.4 is 4.90 Å². The standard InChI is InChI=1S/C27H32N4O2/c1-19-20(2)28-26(29-27(19)31-13-15-33-16-14-31)22-9-11-30(12-10-22)18-25(32)24-8-7-21-5-3-4-6-23(21)17-24/h3-9,17,25,32H,10-16,18H2,1-2H3. The van der Waals surface area contributed by atoms with Crippen LogP contribution >= 0.6 is 0 Å². The first-order valence-electron chi connectivity index (χ1n) is 11.8. The number of benzene rings is 2. The number of aryl methyl sites for hydroxylation is 1. The Morgan fingerprint density at radius 2 is 1.79 bits per heavy atom. The summed E-state index contributed by atoms with van der Waals surface area (Å²) in [6.45, 7) is 9.71. The van der Waals surface area contributed by atoms with E-state index in [-0.39, 0.29) is 0 Å². The molecule has 33 heavy (non-hydrogen) atoms. The van der Waals surface area contributed by atoms with Crippen LogP contribution in [0.25, 0.3) is 16.3 Å². The molecule has 0 bridgehead atoms. The van der Waals surface area contributed by atoms with Gasteiger partial charge >= 0.3 is 0 Å². The third-order valence-electron chi connectivity index (χ3n) is 6.84. The van der Waals surface area contributed by atoms with Crippen LogP contribution in [0.15, 0.2) is 48.5 Å². The van der Waals surface area contributed by atoms with E-state index in [1.54, 1.807) is 0 Å². The number of nitrogens with zero attached hydrogens (tertiary/aromatic N) is 4. The van der Waals surface area contributed by atoms with E-state index in [1.165, 1.54) is 11.0 Å². The minimum absolute atomic E-state index is 0.504. The number of aromatic nitrogens is 2. The lowest BCUT2D eigenvalue weighted by Crippen LogP contribution is -2.37. The fraction of sp³-hybridized carbons (Fsp3) is 0.407. The summed E-state index contributed by atoms with van der Waals surface area (Å²) in [6, 6.07) is 14.5. The van der Waals surface area contributed by atoms with Crippen LogP contribution in [0.3, 0.4) is 0 Å². The van der Waals surface area contributed by atoms with Crippen LogP contribution in [0.5, 0.6) is 0 Å². The van der Waals surface area contributed by atoms with E-state index in [0.717, 1.165) is 79.7 Å². The topological polar surface area (TPSA) is 61.7 Å². The molecule has 0 spiro atoms. The Kier molecular flexibility index (Phi) is 6.40. The zero-order chi connectivity index (χ0) is 22.8. The number of fused-ring (bicyclic) bond motifs is 1. The maximum Gasteiger partial charge on any atom is 0.157 e. The van der Waals surface area contributed by atoms with Gasteiger partial charge in [0.05, 0.1) is 19.3 Å². The van der Waals surface area contributed by atoms with E-state index >= 15 is 0 Å². The van der Waals surface area contributed by atoms with E-state index in [1.807, 2.05) is 18.2 Å². The van der Waals surface area contributed by atoms with Crippen LogP contribution in [-0.2, 0) is 4.74 Å². The van der Waals surface area contributed by atoms with Gasteiger partial charge in [0.1, 0.15) is 5.82 Å². The van der Waals surface area contributed by atoms with E-state index < -0.39 is 6.10 Å². The molecule has 1 saturated heterocycles. The summed E-state index contributed by atoms with van der Waals surface area (Å²) < 4.78 is 5.51. The van der Waals surface area contributed by atoms with Crippen molar-refractivity contribution in [3.05, 3.63) is 71.2 Å². The summed E-state index contributed by atoms with van der Waals surface area (Å²) in [4.78, 5) is 14.4. The molecule has 2 aliphatic rings. The van der Waals surface area contributed by atoms with Crippen LogP contribution in [-0.4, -0.2) is 65.9 Å². The van der Waals surface area contributed by atoms with Crippen LogP contribution in [0, 0.1) is 13.8 Å². The number of anilines is 1. The van der Waals surface area contributed by atoms with Crippen molar-refractivity contribution in [2.75, 3.05) is 50.8 Å². The Bertz CT molecular complexity index is 1170. The van der Waals surface area contributed by atoms with E-state index in [0.29, 0.717) is 6.54 Å². The van der Waals surface area contributed by atoms with Gasteiger partial charge in [-0.15, -0.1) is 0 Å². The molecule has 3 aromatic rings. The number of ether oxygens (including phenoxy) is 1. The molecule has 5 rings (SSSR count). The zero-order valence-corrected chi connectivity index (χ0v) is 19.5. The highest BCUT2D eigenvalue weighted by Gasteiger charge is 2.22. The van der Waals surface area contributed by atoms with Crippen molar-refractivity contribution in [3.63, 3.8) is 0 Å². The van der Waals surface area contributed by atoms with E-state index in [2.05, 4.69) is 54.0 Å². The molecule has 1 unspecified atom stereocenters. The van der Waals surface area contributed by atoms with Crippen molar-refractivity contribution in [1.82, 2.24) is 14.9 Å². The highest BCUT2D eigenvalue weighted by atomic mass is 16.5. The highest BCUT2D eigenvalue weighted by molar-refractivity contribution is 5.83. The molecule has 0 aliphatic carbocycles. The quantitative estimate of drug-likeness (QED) is 0.644. The molecule has 1 atom stereocenters. The Hall–Kier alpha value is -2.80. The summed E-state index contributed by atoms with van der Waals surface area (Å²) in [5.74, 6) is 1.88. The number of β-amino-alcohol motifs (C(OH)–C–C–N with tert-alkyl or cyclic N) is 1. The predicted molar refractivity (Wildman–Crippen MR) is 132 cm³/mol. The molecule has 2 aromatic carbocycles. The van der Waals surface area contributed by atoms with Gasteiger partial charge in [-0.1, -0.05) is 42.5 Å². The minimum atomic E-state index is -0.504. The van der Waals surface area contributed by atoms with Gasteiger partial charge in [0.25, 0.3) is 0 Å². The van der Waals surface area contributed by atoms with Gasteiger partial charge in [0, 0.05) is 44.0 Å². The largest absolute Gasteiger partial charge is 0.387 e. The molecule has 1 fully saturated rings. The lowest BCUT2D eigenvalue weighted by molar-refractivity contribution is 0.119. The maximum absolute atomic E-state index is 10.9. The molecule has 6 heteroatoms. The summed E-state index contributed by atoms with van der Waals surface area (Å²) in [7, 11) is 0. The summed E-state index contributed by atoms with van der Waals surface area (Å²) in [5, 5.41) is 13.2. The zero-order valence-electron chi connectivity index (χ0n) is 19.5. The first-order chi connectivity index (χ1) is 16.1. The smallest absolute Gasteiger partial charge is 0.157 e. The molecular weight excluding hydrogens is 412 g/mol. The van der Waals surface area contributed by atoms with Crippen molar-refractivity contribution in [2.45, 2.75) is 26.4 Å². The molecule has 6 nitrogen and oxygen atoms in total. The first-order valence-corrected chi connectivity index (χ1v) is 11.8. The van der Waals surface area contributed by atoms with Gasteiger partial charge in [0.2, 0.25) is 0 Å². The molecule has 2 aliphatic heterocycles. The van der Waals surface area contributed by atoms with Crippen LogP contribution in [0.1, 0.15) is 35.2 Å². The average Bonchev–Trinajstić information content (AvgIpc) is 2.86. The average molecular weight is 445 g/mol. The second-order valence-corrected chi connectivity index (χ2v) is 9.04. The fourth-order valence-corrected chi connectivity index (χ4v) is 4.69. The molecule has 0 saturated carbocycles. The van der Waals surface area contributed by atoms with Crippen molar-refractivity contribution in [3.8, 4) is 0 Å². The first kappa shape index (κ1) is 22.0. The summed E-state index contributed by atoms with van der Waals surface area (Å²) >= 11 is 0. The Morgan fingerprint density at radius 1 is 1.00 bits per heavy atom. The molecule has 0 amide bonds. The minimum Gasteiger partial charge on any atom is -0.387 e. The summed E-state index contributed by atoms with van der Waals surface area (Å²) in [6.07, 6.45) is 2.61. The second kappa shape index (κ2) is 9.59. The number of aliphatic hydroxyl groups is 1. The van der Waals surface area contributed by atoms with Gasteiger partial charge in [-0.25, -0.2) is 9.97 Å². The molecule has 172 valence electrons. The van der Waals surface area contributed by atoms with Gasteiger partial charge < -0.3 is 14.7 Å². The monoisotopic (exact) mass is 444 g/mol. The van der Waals surface area contributed by atoms with Crippen LogP contribution in [0.2, 0.25) is 0 Å². The third kappa shape index (κ3) is 4.78. The number of hydrogen-bond donors (Lipinski definition) is 1. The highest BCUT2D eigenvalue weighted by Crippen LogP contribution is 2.27. The Balaban J connectivity index is 1.28. The van der Waals surface area contributed by atoms with Gasteiger partial charge in [-0.05, 0) is 48.2 Å². The molecular formula is C27H32N4O2. The lowest BCUT2D eigenvalue weighted by Gasteiger charge is -2.31. The van der Waals surface area contributed by atoms with Crippen molar-refractivity contribution >= 4 is 22.2 Å².